The van der Waals surface area contributed by atoms with Gasteiger partial charge in [0.15, 0.2) is 0 Å². The lowest BCUT2D eigenvalue weighted by Gasteiger charge is -2.26. The maximum absolute atomic E-state index is 13.0. The molecule has 2 aromatic heterocycles. The minimum absolute atomic E-state index is 0.0454. The zero-order chi connectivity index (χ0) is 21.1. The van der Waals surface area contributed by atoms with Crippen molar-refractivity contribution >= 4 is 16.8 Å². The summed E-state index contributed by atoms with van der Waals surface area (Å²) >= 11 is 0. The van der Waals surface area contributed by atoms with Crippen molar-refractivity contribution in [1.82, 2.24) is 35.1 Å². The third-order valence-electron chi connectivity index (χ3n) is 4.83. The molecule has 0 aliphatic carbocycles. The maximum atomic E-state index is 13.0. The number of amides is 1. The van der Waals surface area contributed by atoms with Gasteiger partial charge in [0, 0.05) is 6.04 Å². The summed E-state index contributed by atoms with van der Waals surface area (Å²) in [5, 5.41) is 11.6. The Morgan fingerprint density at radius 3 is 2.60 bits per heavy atom. The quantitative estimate of drug-likeness (QED) is 0.526. The molecule has 0 aliphatic rings. The number of hydrogen-bond donors (Lipinski definition) is 1. The molecule has 0 spiro atoms. The van der Waals surface area contributed by atoms with Crippen molar-refractivity contribution in [2.24, 2.45) is 0 Å². The molecule has 2 heterocycles. The van der Waals surface area contributed by atoms with E-state index in [0.717, 1.165) is 11.3 Å². The van der Waals surface area contributed by atoms with E-state index < -0.39 is 0 Å². The molecular formula is C21H21N7O2. The van der Waals surface area contributed by atoms with E-state index in [0.29, 0.717) is 16.7 Å². The van der Waals surface area contributed by atoms with Crippen LogP contribution in [0.25, 0.3) is 16.6 Å². The van der Waals surface area contributed by atoms with Crippen molar-refractivity contribution in [3.05, 3.63) is 76.6 Å². The van der Waals surface area contributed by atoms with Gasteiger partial charge in [-0.1, -0.05) is 24.3 Å². The van der Waals surface area contributed by atoms with Gasteiger partial charge in [0.2, 0.25) is 5.91 Å². The number of nitrogens with one attached hydrogen (secondary N) is 1. The summed E-state index contributed by atoms with van der Waals surface area (Å²) in [5.41, 5.74) is 2.10. The molecule has 9 nitrogen and oxygen atoms in total. The average molecular weight is 403 g/mol. The third kappa shape index (κ3) is 4.09. The van der Waals surface area contributed by atoms with Crippen LogP contribution in [0.15, 0.2) is 59.7 Å². The summed E-state index contributed by atoms with van der Waals surface area (Å²) in [6.45, 7) is 4.12. The Hall–Kier alpha value is -3.88. The summed E-state index contributed by atoms with van der Waals surface area (Å²) in [4.78, 5) is 34.3. The van der Waals surface area contributed by atoms with Crippen molar-refractivity contribution in [3.8, 4) is 5.69 Å². The van der Waals surface area contributed by atoms with Crippen molar-refractivity contribution in [1.29, 1.82) is 0 Å². The minimum atomic E-state index is -0.204. The second-order valence-electron chi connectivity index (χ2n) is 7.24. The topological polar surface area (TPSA) is 110 Å². The molecule has 152 valence electrons. The Balaban J connectivity index is 1.51. The molecule has 9 heteroatoms. The standard InChI is InChI=1S/C21H21N7O2/c1-14(2)27(12-19-23-18-6-4-3-5-17(18)21(30)24-19)20(29)11-15-7-9-16(10-8-15)28-13-22-25-26-28/h3-10,13-14H,11-12H2,1-2H3,(H,23,24,30). The van der Waals surface area contributed by atoms with E-state index in [1.54, 1.807) is 27.8 Å². The van der Waals surface area contributed by atoms with Gasteiger partial charge in [0.25, 0.3) is 5.56 Å². The largest absolute Gasteiger partial charge is 0.333 e. The van der Waals surface area contributed by atoms with Crippen LogP contribution in [0.4, 0.5) is 0 Å². The molecule has 1 amide bonds. The van der Waals surface area contributed by atoms with Gasteiger partial charge in [-0.15, -0.1) is 5.10 Å². The van der Waals surface area contributed by atoms with Gasteiger partial charge in [0.1, 0.15) is 12.2 Å². The van der Waals surface area contributed by atoms with E-state index in [9.17, 15) is 9.59 Å². The second kappa shape index (κ2) is 8.24. The molecule has 4 rings (SSSR count). The lowest BCUT2D eigenvalue weighted by atomic mass is 10.1. The number of para-hydroxylation sites is 1. The number of H-pyrrole nitrogens is 1. The fraction of sp³-hybridized carbons (Fsp3) is 0.238. The molecule has 4 aromatic rings. The van der Waals surface area contributed by atoms with E-state index in [1.807, 2.05) is 44.2 Å². The highest BCUT2D eigenvalue weighted by Gasteiger charge is 2.19. The molecule has 0 radical (unpaired) electrons. The molecule has 0 atom stereocenters. The highest BCUT2D eigenvalue weighted by molar-refractivity contribution is 5.79. The molecule has 0 bridgehead atoms. The summed E-state index contributed by atoms with van der Waals surface area (Å²) in [5.74, 6) is 0.422. The first-order valence-corrected chi connectivity index (χ1v) is 9.61. The number of carbonyl (C=O) groups is 1. The molecular weight excluding hydrogens is 382 g/mol. The van der Waals surface area contributed by atoms with Gasteiger partial charge in [0.05, 0.1) is 29.6 Å². The third-order valence-corrected chi connectivity index (χ3v) is 4.83. The molecule has 0 saturated heterocycles. The van der Waals surface area contributed by atoms with Gasteiger partial charge in [-0.25, -0.2) is 9.67 Å². The molecule has 0 fully saturated rings. The van der Waals surface area contributed by atoms with E-state index in [1.165, 1.54) is 6.33 Å². The van der Waals surface area contributed by atoms with Gasteiger partial charge >= 0.3 is 0 Å². The number of aromatic amines is 1. The number of hydrogen-bond acceptors (Lipinski definition) is 6. The summed E-state index contributed by atoms with van der Waals surface area (Å²) < 4.78 is 1.55. The van der Waals surface area contributed by atoms with Crippen molar-refractivity contribution < 1.29 is 4.79 Å². The Morgan fingerprint density at radius 2 is 1.90 bits per heavy atom. The summed E-state index contributed by atoms with van der Waals surface area (Å²) in [7, 11) is 0. The lowest BCUT2D eigenvalue weighted by molar-refractivity contribution is -0.132. The second-order valence-corrected chi connectivity index (χ2v) is 7.24. The van der Waals surface area contributed by atoms with Crippen LogP contribution in [0.3, 0.4) is 0 Å². The van der Waals surface area contributed by atoms with Crippen molar-refractivity contribution in [3.63, 3.8) is 0 Å². The van der Waals surface area contributed by atoms with Crippen LogP contribution in [0.2, 0.25) is 0 Å². The lowest BCUT2D eigenvalue weighted by Crippen LogP contribution is -2.38. The number of rotatable bonds is 6. The van der Waals surface area contributed by atoms with Gasteiger partial charge < -0.3 is 9.88 Å². The zero-order valence-electron chi connectivity index (χ0n) is 16.7. The van der Waals surface area contributed by atoms with Crippen LogP contribution in [0.5, 0.6) is 0 Å². The molecule has 0 aliphatic heterocycles. The van der Waals surface area contributed by atoms with Gasteiger partial charge in [-0.3, -0.25) is 9.59 Å². The first-order valence-electron chi connectivity index (χ1n) is 9.61. The Bertz CT molecular complexity index is 1210. The first-order chi connectivity index (χ1) is 14.5. The fourth-order valence-corrected chi connectivity index (χ4v) is 3.25. The molecule has 0 unspecified atom stereocenters. The van der Waals surface area contributed by atoms with E-state index in [-0.39, 0.29) is 30.5 Å². The Morgan fingerprint density at radius 1 is 1.13 bits per heavy atom. The fourth-order valence-electron chi connectivity index (χ4n) is 3.25. The van der Waals surface area contributed by atoms with Gasteiger partial charge in [-0.05, 0) is 54.1 Å². The first kappa shape index (κ1) is 19.4. The van der Waals surface area contributed by atoms with E-state index >= 15 is 0 Å². The smallest absolute Gasteiger partial charge is 0.258 e. The molecule has 2 aromatic carbocycles. The number of benzene rings is 2. The van der Waals surface area contributed by atoms with Crippen LogP contribution in [-0.4, -0.2) is 47.0 Å². The van der Waals surface area contributed by atoms with E-state index in [4.69, 9.17) is 0 Å². The Labute approximate surface area is 172 Å². The number of aromatic nitrogens is 6. The highest BCUT2D eigenvalue weighted by atomic mass is 16.2. The predicted octanol–water partition coefficient (Wildman–Crippen LogP) is 1.88. The van der Waals surface area contributed by atoms with E-state index in [2.05, 4.69) is 25.5 Å². The van der Waals surface area contributed by atoms with Crippen LogP contribution in [0, 0.1) is 0 Å². The maximum Gasteiger partial charge on any atom is 0.258 e. The van der Waals surface area contributed by atoms with Crippen LogP contribution < -0.4 is 5.56 Å². The molecule has 1 N–H and O–H groups in total. The number of tetrazole rings is 1. The number of fused-ring (bicyclic) bond motifs is 1. The summed E-state index contributed by atoms with van der Waals surface area (Å²) in [6.07, 6.45) is 1.75. The number of carbonyl (C=O) groups excluding carboxylic acids is 1. The average Bonchev–Trinajstić information content (AvgIpc) is 3.27. The predicted molar refractivity (Wildman–Crippen MR) is 111 cm³/mol. The van der Waals surface area contributed by atoms with Crippen LogP contribution in [-0.2, 0) is 17.8 Å². The number of nitrogens with zero attached hydrogens (tertiary/aromatic N) is 6. The van der Waals surface area contributed by atoms with Crippen LogP contribution >= 0.6 is 0 Å². The monoisotopic (exact) mass is 403 g/mol. The van der Waals surface area contributed by atoms with Crippen LogP contribution in [0.1, 0.15) is 25.2 Å². The van der Waals surface area contributed by atoms with Crippen molar-refractivity contribution in [2.75, 3.05) is 0 Å². The Kier molecular flexibility index (Phi) is 5.34. The highest BCUT2D eigenvalue weighted by Crippen LogP contribution is 2.13. The summed E-state index contributed by atoms with van der Waals surface area (Å²) in [6, 6.07) is 14.6. The zero-order valence-corrected chi connectivity index (χ0v) is 16.7. The van der Waals surface area contributed by atoms with Crippen molar-refractivity contribution in [2.45, 2.75) is 32.9 Å². The SMILES string of the molecule is CC(C)N(Cc1nc2ccccc2c(=O)[nH]1)C(=O)Cc1ccc(-n2cnnn2)cc1. The van der Waals surface area contributed by atoms with Gasteiger partial charge in [-0.2, -0.15) is 0 Å². The minimum Gasteiger partial charge on any atom is -0.333 e. The molecule has 0 saturated carbocycles. The normalized spacial score (nSPS) is 11.2. The molecule has 30 heavy (non-hydrogen) atoms.